The molecule has 1 aliphatic carbocycles. The van der Waals surface area contributed by atoms with Crippen LogP contribution in [-0.2, 0) is 14.3 Å². The first-order valence-electron chi connectivity index (χ1n) is 9.56. The number of carbonyl (C=O) groups excluding carboxylic acids is 3. The summed E-state index contributed by atoms with van der Waals surface area (Å²) in [5.41, 5.74) is 5.96. The molecule has 0 spiro atoms. The Morgan fingerprint density at radius 1 is 1.29 bits per heavy atom. The van der Waals surface area contributed by atoms with Crippen molar-refractivity contribution < 1.29 is 19.1 Å². The SMILES string of the molecule is CCCO[C@@H]1CC[C@H](C(=O)NCC(=O)NC)C[C@H]1NC(=O)c1ccc(N)nc1. The molecular weight excluding hydrogens is 362 g/mol. The van der Waals surface area contributed by atoms with Crippen molar-refractivity contribution in [1.82, 2.24) is 20.9 Å². The zero-order valence-corrected chi connectivity index (χ0v) is 16.4. The van der Waals surface area contributed by atoms with E-state index >= 15 is 0 Å². The van der Waals surface area contributed by atoms with Crippen LogP contribution in [0.1, 0.15) is 43.0 Å². The van der Waals surface area contributed by atoms with E-state index in [-0.39, 0.29) is 42.3 Å². The molecule has 154 valence electrons. The van der Waals surface area contributed by atoms with Crippen LogP contribution in [0.5, 0.6) is 0 Å². The van der Waals surface area contributed by atoms with Gasteiger partial charge in [0, 0.05) is 25.8 Å². The minimum atomic E-state index is -0.305. The molecular formula is C19H29N5O4. The second-order valence-corrected chi connectivity index (χ2v) is 6.86. The highest BCUT2D eigenvalue weighted by Gasteiger charge is 2.35. The second-order valence-electron chi connectivity index (χ2n) is 6.86. The number of nitrogens with one attached hydrogen (secondary N) is 3. The Morgan fingerprint density at radius 2 is 2.07 bits per heavy atom. The van der Waals surface area contributed by atoms with Gasteiger partial charge in [0.1, 0.15) is 5.82 Å². The normalized spacial score (nSPS) is 21.6. The van der Waals surface area contributed by atoms with Crippen LogP contribution >= 0.6 is 0 Å². The smallest absolute Gasteiger partial charge is 0.253 e. The van der Waals surface area contributed by atoms with E-state index in [2.05, 4.69) is 20.9 Å². The third-order valence-electron chi connectivity index (χ3n) is 4.76. The quantitative estimate of drug-likeness (QED) is 0.501. The van der Waals surface area contributed by atoms with Crippen LogP contribution in [0.15, 0.2) is 18.3 Å². The zero-order chi connectivity index (χ0) is 20.5. The van der Waals surface area contributed by atoms with Gasteiger partial charge in [-0.3, -0.25) is 14.4 Å². The van der Waals surface area contributed by atoms with Gasteiger partial charge in [-0.05, 0) is 37.8 Å². The van der Waals surface area contributed by atoms with Gasteiger partial charge in [0.15, 0.2) is 0 Å². The molecule has 1 saturated carbocycles. The van der Waals surface area contributed by atoms with Gasteiger partial charge in [-0.2, -0.15) is 0 Å². The maximum absolute atomic E-state index is 12.6. The Morgan fingerprint density at radius 3 is 2.71 bits per heavy atom. The molecule has 2 rings (SSSR count). The maximum Gasteiger partial charge on any atom is 0.253 e. The van der Waals surface area contributed by atoms with Gasteiger partial charge in [-0.1, -0.05) is 6.92 Å². The highest BCUT2D eigenvalue weighted by molar-refractivity contribution is 5.94. The highest BCUT2D eigenvalue weighted by Crippen LogP contribution is 2.27. The van der Waals surface area contributed by atoms with Crippen LogP contribution in [-0.4, -0.2) is 55.1 Å². The topological polar surface area (TPSA) is 135 Å². The third kappa shape index (κ3) is 6.19. The van der Waals surface area contributed by atoms with Crippen LogP contribution in [0.2, 0.25) is 0 Å². The number of pyridine rings is 1. The predicted molar refractivity (Wildman–Crippen MR) is 104 cm³/mol. The molecule has 9 heteroatoms. The minimum Gasteiger partial charge on any atom is -0.384 e. The number of carbonyl (C=O) groups is 3. The fourth-order valence-electron chi connectivity index (χ4n) is 3.19. The Labute approximate surface area is 164 Å². The van der Waals surface area contributed by atoms with Crippen LogP contribution in [0.25, 0.3) is 0 Å². The molecule has 28 heavy (non-hydrogen) atoms. The van der Waals surface area contributed by atoms with Gasteiger partial charge < -0.3 is 26.4 Å². The lowest BCUT2D eigenvalue weighted by Gasteiger charge is -2.36. The molecule has 3 amide bonds. The summed E-state index contributed by atoms with van der Waals surface area (Å²) in [6.07, 6.45) is 3.88. The maximum atomic E-state index is 12.6. The predicted octanol–water partition coefficient (Wildman–Crippen LogP) is 0.220. The fourth-order valence-corrected chi connectivity index (χ4v) is 3.19. The Hall–Kier alpha value is -2.68. The lowest BCUT2D eigenvalue weighted by Crippen LogP contribution is -2.51. The largest absolute Gasteiger partial charge is 0.384 e. The van der Waals surface area contributed by atoms with E-state index in [1.807, 2.05) is 6.92 Å². The molecule has 1 fully saturated rings. The van der Waals surface area contributed by atoms with Crippen molar-refractivity contribution >= 4 is 23.5 Å². The van der Waals surface area contributed by atoms with E-state index in [1.54, 1.807) is 12.1 Å². The van der Waals surface area contributed by atoms with Crippen molar-refractivity contribution in [3.63, 3.8) is 0 Å². The van der Waals surface area contributed by atoms with Crippen molar-refractivity contribution in [3.8, 4) is 0 Å². The first-order valence-corrected chi connectivity index (χ1v) is 9.56. The summed E-state index contributed by atoms with van der Waals surface area (Å²) < 4.78 is 5.90. The molecule has 1 aromatic rings. The van der Waals surface area contributed by atoms with Gasteiger partial charge in [-0.25, -0.2) is 4.98 Å². The molecule has 0 radical (unpaired) electrons. The van der Waals surface area contributed by atoms with Gasteiger partial charge in [-0.15, -0.1) is 0 Å². The molecule has 0 saturated heterocycles. The monoisotopic (exact) mass is 391 g/mol. The Kier molecular flexibility index (Phi) is 8.19. The van der Waals surface area contributed by atoms with Gasteiger partial charge in [0.05, 0.1) is 24.3 Å². The molecule has 0 bridgehead atoms. The van der Waals surface area contributed by atoms with Crippen LogP contribution in [0.4, 0.5) is 5.82 Å². The van der Waals surface area contributed by atoms with E-state index in [4.69, 9.17) is 10.5 Å². The van der Waals surface area contributed by atoms with Gasteiger partial charge in [0.25, 0.3) is 5.91 Å². The second kappa shape index (κ2) is 10.6. The number of hydrogen-bond donors (Lipinski definition) is 4. The average Bonchev–Trinajstić information content (AvgIpc) is 2.71. The molecule has 0 aromatic carbocycles. The van der Waals surface area contributed by atoms with Crippen LogP contribution in [0, 0.1) is 5.92 Å². The summed E-state index contributed by atoms with van der Waals surface area (Å²) in [6, 6.07) is 2.87. The number of nitrogen functional groups attached to an aromatic ring is 1. The molecule has 0 aliphatic heterocycles. The molecule has 1 aliphatic rings. The molecule has 0 unspecified atom stereocenters. The molecule has 9 nitrogen and oxygen atoms in total. The Balaban J connectivity index is 2.02. The van der Waals surface area contributed by atoms with E-state index in [0.717, 1.165) is 6.42 Å². The molecule has 1 aromatic heterocycles. The van der Waals surface area contributed by atoms with E-state index < -0.39 is 0 Å². The van der Waals surface area contributed by atoms with Crippen molar-refractivity contribution in [2.24, 2.45) is 5.92 Å². The number of aromatic nitrogens is 1. The van der Waals surface area contributed by atoms with Crippen molar-refractivity contribution in [3.05, 3.63) is 23.9 Å². The molecule has 3 atom stereocenters. The number of ether oxygens (including phenoxy) is 1. The number of nitrogens with zero attached hydrogens (tertiary/aromatic N) is 1. The summed E-state index contributed by atoms with van der Waals surface area (Å²) in [7, 11) is 1.52. The van der Waals surface area contributed by atoms with Gasteiger partial charge in [0.2, 0.25) is 11.8 Å². The molecule has 1 heterocycles. The summed E-state index contributed by atoms with van der Waals surface area (Å²) in [5, 5.41) is 8.08. The molecule has 5 N–H and O–H groups in total. The fraction of sp³-hybridized carbons (Fsp3) is 0.579. The van der Waals surface area contributed by atoms with Crippen molar-refractivity contribution in [1.29, 1.82) is 0 Å². The summed E-state index contributed by atoms with van der Waals surface area (Å²) in [5.74, 6) is -0.679. The number of rotatable bonds is 8. The number of anilines is 1. The van der Waals surface area contributed by atoms with Gasteiger partial charge >= 0.3 is 0 Å². The zero-order valence-electron chi connectivity index (χ0n) is 16.4. The van der Waals surface area contributed by atoms with E-state index in [0.29, 0.717) is 37.3 Å². The summed E-state index contributed by atoms with van der Waals surface area (Å²) in [4.78, 5) is 40.3. The average molecular weight is 391 g/mol. The lowest BCUT2D eigenvalue weighted by atomic mass is 9.83. The van der Waals surface area contributed by atoms with Crippen LogP contribution in [0.3, 0.4) is 0 Å². The number of nitrogens with two attached hydrogens (primary N) is 1. The number of likely N-dealkylation sites (N-methyl/N-ethyl adjacent to an activating group) is 1. The third-order valence-corrected chi connectivity index (χ3v) is 4.76. The van der Waals surface area contributed by atoms with Crippen LogP contribution < -0.4 is 21.7 Å². The van der Waals surface area contributed by atoms with Crippen molar-refractivity contribution in [2.75, 3.05) is 25.9 Å². The standard InChI is InChI=1S/C19H29N5O4/c1-3-8-28-15-6-4-12(18(26)23-11-17(25)21-2)9-14(15)24-19(27)13-5-7-16(20)22-10-13/h5,7,10,12,14-15H,3-4,6,8-9,11H2,1-2H3,(H2,20,22)(H,21,25)(H,23,26)(H,24,27)/t12-,14+,15+/m0/s1. The number of amides is 3. The summed E-state index contributed by atoms with van der Waals surface area (Å²) >= 11 is 0. The first-order chi connectivity index (χ1) is 13.4. The highest BCUT2D eigenvalue weighted by atomic mass is 16.5. The van der Waals surface area contributed by atoms with E-state index in [9.17, 15) is 14.4 Å². The van der Waals surface area contributed by atoms with Crippen molar-refractivity contribution in [2.45, 2.75) is 44.8 Å². The minimum absolute atomic E-state index is 0.0598. The first kappa shape index (κ1) is 21.6. The van der Waals surface area contributed by atoms with E-state index in [1.165, 1.54) is 13.2 Å². The Bertz CT molecular complexity index is 679. The number of hydrogen-bond acceptors (Lipinski definition) is 6. The lowest BCUT2D eigenvalue weighted by molar-refractivity contribution is -0.130. The summed E-state index contributed by atoms with van der Waals surface area (Å²) in [6.45, 7) is 2.55.